The molecule has 6 nitrogen and oxygen atoms in total. The topological polar surface area (TPSA) is 65.4 Å². The summed E-state index contributed by atoms with van der Waals surface area (Å²) in [6.07, 6.45) is 2.58. The van der Waals surface area contributed by atoms with Crippen LogP contribution in [0.25, 0.3) is 11.3 Å². The number of aryl methyl sites for hydroxylation is 3. The number of hydrogen-bond acceptors (Lipinski definition) is 4. The zero-order valence-corrected chi connectivity index (χ0v) is 16.3. The maximum Gasteiger partial charge on any atom is 0.259 e. The van der Waals surface area contributed by atoms with Crippen molar-refractivity contribution in [1.82, 2.24) is 9.78 Å². The number of aromatic nitrogens is 2. The van der Waals surface area contributed by atoms with E-state index in [0.29, 0.717) is 30.2 Å². The molecule has 0 spiro atoms. The molecule has 3 aromatic rings. The zero-order chi connectivity index (χ0) is 19.7. The molecule has 0 fully saturated rings. The second-order valence-corrected chi connectivity index (χ2v) is 7.03. The summed E-state index contributed by atoms with van der Waals surface area (Å²) in [7, 11) is 1.80. The third-order valence-electron chi connectivity index (χ3n) is 4.86. The number of amides is 1. The number of anilines is 1. The van der Waals surface area contributed by atoms with Gasteiger partial charge >= 0.3 is 0 Å². The van der Waals surface area contributed by atoms with Crippen molar-refractivity contribution in [1.29, 1.82) is 0 Å². The molecule has 144 valence electrons. The normalized spacial score (nSPS) is 13.1. The fourth-order valence-electron chi connectivity index (χ4n) is 3.20. The van der Waals surface area contributed by atoms with Gasteiger partial charge in [-0.2, -0.15) is 5.10 Å². The average molecular weight is 377 g/mol. The van der Waals surface area contributed by atoms with Crippen LogP contribution < -0.4 is 14.8 Å². The molecule has 1 aromatic heterocycles. The summed E-state index contributed by atoms with van der Waals surface area (Å²) in [5, 5.41) is 7.48. The SMILES string of the molecule is Cc1ccc(NC(=O)c2cn(C)nc2-c2ccc3c(c2)OCCCO3)cc1C. The van der Waals surface area contributed by atoms with Crippen LogP contribution in [0.1, 0.15) is 27.9 Å². The summed E-state index contributed by atoms with van der Waals surface area (Å²) in [5.74, 6) is 1.21. The smallest absolute Gasteiger partial charge is 0.259 e. The minimum absolute atomic E-state index is 0.196. The monoisotopic (exact) mass is 377 g/mol. The molecule has 2 aromatic carbocycles. The summed E-state index contributed by atoms with van der Waals surface area (Å²) in [6.45, 7) is 5.32. The summed E-state index contributed by atoms with van der Waals surface area (Å²) >= 11 is 0. The van der Waals surface area contributed by atoms with Crippen LogP contribution in [-0.2, 0) is 7.05 Å². The minimum Gasteiger partial charge on any atom is -0.490 e. The second-order valence-electron chi connectivity index (χ2n) is 7.03. The Morgan fingerprint density at radius 3 is 2.61 bits per heavy atom. The number of nitrogens with zero attached hydrogens (tertiary/aromatic N) is 2. The third-order valence-corrected chi connectivity index (χ3v) is 4.86. The summed E-state index contributed by atoms with van der Waals surface area (Å²) in [6, 6.07) is 11.5. The molecule has 0 atom stereocenters. The highest BCUT2D eigenvalue weighted by molar-refractivity contribution is 6.08. The molecule has 0 unspecified atom stereocenters. The van der Waals surface area contributed by atoms with Gasteiger partial charge in [-0.1, -0.05) is 6.07 Å². The van der Waals surface area contributed by atoms with Gasteiger partial charge in [0.05, 0.1) is 18.8 Å². The molecule has 1 N–H and O–H groups in total. The Hall–Kier alpha value is -3.28. The second kappa shape index (κ2) is 7.38. The molecule has 0 saturated heterocycles. The van der Waals surface area contributed by atoms with Gasteiger partial charge in [-0.3, -0.25) is 9.48 Å². The molecule has 0 aliphatic carbocycles. The van der Waals surface area contributed by atoms with Crippen molar-refractivity contribution in [3.05, 3.63) is 59.3 Å². The van der Waals surface area contributed by atoms with Crippen molar-refractivity contribution in [2.24, 2.45) is 7.05 Å². The van der Waals surface area contributed by atoms with E-state index in [1.54, 1.807) is 17.9 Å². The molecule has 1 aliphatic heterocycles. The number of carbonyl (C=O) groups is 1. The van der Waals surface area contributed by atoms with Crippen molar-refractivity contribution < 1.29 is 14.3 Å². The van der Waals surface area contributed by atoms with Crippen LogP contribution in [0, 0.1) is 13.8 Å². The fourth-order valence-corrected chi connectivity index (χ4v) is 3.20. The van der Waals surface area contributed by atoms with Crippen molar-refractivity contribution in [2.75, 3.05) is 18.5 Å². The quantitative estimate of drug-likeness (QED) is 0.746. The average Bonchev–Trinajstić information content (AvgIpc) is 2.92. The standard InChI is InChI=1S/C22H23N3O3/c1-14-5-7-17(11-15(14)2)23-22(26)18-13-25(3)24-21(18)16-6-8-19-20(12-16)28-10-4-9-27-19/h5-8,11-13H,4,9-10H2,1-3H3,(H,23,26). The summed E-state index contributed by atoms with van der Waals surface area (Å²) in [4.78, 5) is 12.9. The van der Waals surface area contributed by atoms with E-state index in [2.05, 4.69) is 10.4 Å². The van der Waals surface area contributed by atoms with Gasteiger partial charge < -0.3 is 14.8 Å². The molecular weight excluding hydrogens is 354 g/mol. The summed E-state index contributed by atoms with van der Waals surface area (Å²) < 4.78 is 13.1. The highest BCUT2D eigenvalue weighted by Crippen LogP contribution is 2.35. The van der Waals surface area contributed by atoms with E-state index in [4.69, 9.17) is 9.47 Å². The van der Waals surface area contributed by atoms with Gasteiger partial charge in [-0.25, -0.2) is 0 Å². The number of carbonyl (C=O) groups excluding carboxylic acids is 1. The van der Waals surface area contributed by atoms with Gasteiger partial charge in [0, 0.05) is 30.9 Å². The molecule has 0 radical (unpaired) electrons. The van der Waals surface area contributed by atoms with Crippen LogP contribution in [0.5, 0.6) is 11.5 Å². The Bertz CT molecular complexity index is 1040. The third kappa shape index (κ3) is 3.58. The van der Waals surface area contributed by atoms with Crippen molar-refractivity contribution in [3.63, 3.8) is 0 Å². The van der Waals surface area contributed by atoms with Gasteiger partial charge in [0.25, 0.3) is 5.91 Å². The first-order valence-corrected chi connectivity index (χ1v) is 9.33. The van der Waals surface area contributed by atoms with Crippen LogP contribution in [-0.4, -0.2) is 28.9 Å². The fraction of sp³-hybridized carbons (Fsp3) is 0.273. The van der Waals surface area contributed by atoms with Crippen molar-refractivity contribution >= 4 is 11.6 Å². The highest BCUT2D eigenvalue weighted by Gasteiger charge is 2.20. The van der Waals surface area contributed by atoms with E-state index in [1.807, 2.05) is 50.2 Å². The molecular formula is C22H23N3O3. The minimum atomic E-state index is -0.196. The Morgan fingerprint density at radius 2 is 1.82 bits per heavy atom. The number of hydrogen-bond donors (Lipinski definition) is 1. The van der Waals surface area contributed by atoms with Crippen LogP contribution >= 0.6 is 0 Å². The van der Waals surface area contributed by atoms with Gasteiger partial charge in [0.2, 0.25) is 0 Å². The first kappa shape index (κ1) is 18.1. The van der Waals surface area contributed by atoms with Gasteiger partial charge in [-0.05, 0) is 55.3 Å². The zero-order valence-electron chi connectivity index (χ0n) is 16.3. The van der Waals surface area contributed by atoms with Gasteiger partial charge in [0.1, 0.15) is 5.69 Å². The van der Waals surface area contributed by atoms with E-state index in [-0.39, 0.29) is 5.91 Å². The van der Waals surface area contributed by atoms with Crippen molar-refractivity contribution in [3.8, 4) is 22.8 Å². The lowest BCUT2D eigenvalue weighted by Crippen LogP contribution is -2.12. The van der Waals surface area contributed by atoms with Crippen LogP contribution in [0.15, 0.2) is 42.6 Å². The molecule has 28 heavy (non-hydrogen) atoms. The first-order chi connectivity index (χ1) is 13.5. The van der Waals surface area contributed by atoms with E-state index in [1.165, 1.54) is 5.56 Å². The van der Waals surface area contributed by atoms with Crippen molar-refractivity contribution in [2.45, 2.75) is 20.3 Å². The van der Waals surface area contributed by atoms with E-state index in [9.17, 15) is 4.79 Å². The number of nitrogens with one attached hydrogen (secondary N) is 1. The summed E-state index contributed by atoms with van der Waals surface area (Å²) in [5.41, 5.74) is 5.02. The Morgan fingerprint density at radius 1 is 1.04 bits per heavy atom. The molecule has 1 aliphatic rings. The highest BCUT2D eigenvalue weighted by atomic mass is 16.5. The maximum atomic E-state index is 12.9. The maximum absolute atomic E-state index is 12.9. The number of rotatable bonds is 3. The Balaban J connectivity index is 1.66. The lowest BCUT2D eigenvalue weighted by molar-refractivity contribution is 0.102. The molecule has 6 heteroatoms. The van der Waals surface area contributed by atoms with Gasteiger partial charge in [0.15, 0.2) is 11.5 Å². The number of fused-ring (bicyclic) bond motifs is 1. The van der Waals surface area contributed by atoms with Crippen LogP contribution in [0.2, 0.25) is 0 Å². The van der Waals surface area contributed by atoms with Crippen LogP contribution in [0.4, 0.5) is 5.69 Å². The van der Waals surface area contributed by atoms with E-state index < -0.39 is 0 Å². The molecule has 2 heterocycles. The largest absolute Gasteiger partial charge is 0.490 e. The first-order valence-electron chi connectivity index (χ1n) is 9.33. The number of ether oxygens (including phenoxy) is 2. The molecule has 0 bridgehead atoms. The molecule has 0 saturated carbocycles. The predicted octanol–water partition coefficient (Wildman–Crippen LogP) is 4.12. The molecule has 4 rings (SSSR count). The van der Waals surface area contributed by atoms with E-state index >= 15 is 0 Å². The number of benzene rings is 2. The predicted molar refractivity (Wildman–Crippen MR) is 108 cm³/mol. The van der Waals surface area contributed by atoms with Gasteiger partial charge in [-0.15, -0.1) is 0 Å². The lowest BCUT2D eigenvalue weighted by atomic mass is 10.1. The Labute approximate surface area is 164 Å². The molecule has 1 amide bonds. The lowest BCUT2D eigenvalue weighted by Gasteiger charge is -2.10. The van der Waals surface area contributed by atoms with E-state index in [0.717, 1.165) is 29.0 Å². The Kier molecular flexibility index (Phi) is 4.77. The van der Waals surface area contributed by atoms with Crippen LogP contribution in [0.3, 0.4) is 0 Å².